The summed E-state index contributed by atoms with van der Waals surface area (Å²) in [6.07, 6.45) is 3.56. The largest absolute Gasteiger partial charge is 0.497 e. The number of H-pyrrole nitrogens is 1. The number of aromatic amines is 1. The Labute approximate surface area is 240 Å². The zero-order valence-electron chi connectivity index (χ0n) is 25.3. The molecule has 0 fully saturated rings. The Morgan fingerprint density at radius 2 is 1.65 bits per heavy atom. The van der Waals surface area contributed by atoms with E-state index in [0.29, 0.717) is 13.3 Å². The van der Waals surface area contributed by atoms with Crippen molar-refractivity contribution in [2.75, 3.05) is 27.1 Å². The van der Waals surface area contributed by atoms with E-state index in [2.05, 4.69) is 74.4 Å². The highest BCUT2D eigenvalue weighted by molar-refractivity contribution is 6.76. The molecule has 0 aliphatic heterocycles. The van der Waals surface area contributed by atoms with Gasteiger partial charge in [-0.15, -0.1) is 0 Å². The second kappa shape index (κ2) is 12.7. The molecule has 0 atom stereocenters. The number of rotatable bonds is 14. The van der Waals surface area contributed by atoms with E-state index in [0.717, 1.165) is 69.3 Å². The number of aromatic nitrogens is 4. The monoisotopic (exact) mass is 580 g/mol. The maximum absolute atomic E-state index is 6.10. The highest BCUT2D eigenvalue weighted by Gasteiger charge is 2.18. The van der Waals surface area contributed by atoms with Crippen LogP contribution in [0.1, 0.15) is 5.56 Å². The summed E-state index contributed by atoms with van der Waals surface area (Å²) in [5, 5.41) is 5.91. The van der Waals surface area contributed by atoms with Crippen molar-refractivity contribution >= 4 is 27.1 Å². The Bertz CT molecular complexity index is 1410. The first kappa shape index (κ1) is 30.0. The fourth-order valence-corrected chi connectivity index (χ4v) is 5.82. The van der Waals surface area contributed by atoms with Crippen LogP contribution in [-0.4, -0.2) is 63.0 Å². The molecular formula is C30H44N4O4Si2. The molecule has 0 unspecified atom stereocenters. The van der Waals surface area contributed by atoms with E-state index in [1.165, 1.54) is 0 Å². The molecule has 40 heavy (non-hydrogen) atoms. The normalized spacial score (nSPS) is 12.3. The van der Waals surface area contributed by atoms with Gasteiger partial charge in [0.1, 0.15) is 23.9 Å². The molecule has 2 aromatic carbocycles. The van der Waals surface area contributed by atoms with E-state index in [-0.39, 0.29) is 6.79 Å². The van der Waals surface area contributed by atoms with Crippen molar-refractivity contribution in [3.63, 3.8) is 0 Å². The number of methoxy groups -OCH3 is 1. The first-order valence-electron chi connectivity index (χ1n) is 13.9. The Morgan fingerprint density at radius 1 is 0.925 bits per heavy atom. The van der Waals surface area contributed by atoms with Crippen molar-refractivity contribution in [1.29, 1.82) is 0 Å². The number of ether oxygens (including phenoxy) is 4. The highest BCUT2D eigenvalue weighted by Crippen LogP contribution is 2.37. The number of nitrogens with zero attached hydrogens (tertiary/aromatic N) is 3. The van der Waals surface area contributed by atoms with E-state index < -0.39 is 16.1 Å². The van der Waals surface area contributed by atoms with E-state index >= 15 is 0 Å². The van der Waals surface area contributed by atoms with Gasteiger partial charge in [-0.25, -0.2) is 9.67 Å². The lowest BCUT2D eigenvalue weighted by Gasteiger charge is -2.17. The van der Waals surface area contributed by atoms with Gasteiger partial charge >= 0.3 is 0 Å². The number of fused-ring (bicyclic) bond motifs is 1. The Kier molecular flexibility index (Phi) is 9.55. The highest BCUT2D eigenvalue weighted by atomic mass is 28.3. The zero-order chi connectivity index (χ0) is 28.9. The average Bonchev–Trinajstić information content (AvgIpc) is 3.54. The lowest BCUT2D eigenvalue weighted by Crippen LogP contribution is -2.22. The standard InChI is InChI=1S/C30H44N4O4Si2/c1-22-26(18-24(35-2)19-28(22)38-21-37-14-16-40(6,7)8)23-9-10-25-27(17-23)34(20-36-13-15-39(3,4)5)33-29(25)30-31-11-12-32-30/h9-12,17-19H,13-16,20-21H2,1-8H3,(H,31,32). The van der Waals surface area contributed by atoms with Gasteiger partial charge in [0.25, 0.3) is 0 Å². The predicted octanol–water partition coefficient (Wildman–Crippen LogP) is 7.41. The van der Waals surface area contributed by atoms with Gasteiger partial charge in [0.15, 0.2) is 12.6 Å². The van der Waals surface area contributed by atoms with Gasteiger partial charge in [-0.1, -0.05) is 45.3 Å². The minimum Gasteiger partial charge on any atom is -0.497 e. The van der Waals surface area contributed by atoms with Gasteiger partial charge in [0.2, 0.25) is 0 Å². The topological polar surface area (TPSA) is 83.4 Å². The molecule has 2 aromatic heterocycles. The van der Waals surface area contributed by atoms with Gasteiger partial charge in [-0.05, 0) is 53.9 Å². The van der Waals surface area contributed by atoms with Gasteiger partial charge in [-0.3, -0.25) is 0 Å². The molecule has 0 aliphatic carbocycles. The van der Waals surface area contributed by atoms with Crippen LogP contribution in [0.25, 0.3) is 33.5 Å². The van der Waals surface area contributed by atoms with Crippen LogP contribution in [0.4, 0.5) is 0 Å². The molecule has 2 heterocycles. The molecular weight excluding hydrogens is 537 g/mol. The summed E-state index contributed by atoms with van der Waals surface area (Å²) in [4.78, 5) is 7.65. The lowest BCUT2D eigenvalue weighted by atomic mass is 9.98. The van der Waals surface area contributed by atoms with Gasteiger partial charge < -0.3 is 23.9 Å². The van der Waals surface area contributed by atoms with Crippen molar-refractivity contribution < 1.29 is 18.9 Å². The third kappa shape index (κ3) is 7.84. The van der Waals surface area contributed by atoms with E-state index in [1.807, 2.05) is 23.0 Å². The Morgan fingerprint density at radius 3 is 2.30 bits per heavy atom. The summed E-state index contributed by atoms with van der Waals surface area (Å²) < 4.78 is 25.6. The third-order valence-corrected chi connectivity index (χ3v) is 10.3. The third-order valence-electron chi connectivity index (χ3n) is 6.86. The predicted molar refractivity (Wildman–Crippen MR) is 168 cm³/mol. The smallest absolute Gasteiger partial charge is 0.189 e. The first-order valence-corrected chi connectivity index (χ1v) is 21.3. The number of imidazole rings is 1. The van der Waals surface area contributed by atoms with Crippen LogP contribution in [0.2, 0.25) is 51.4 Å². The maximum atomic E-state index is 6.10. The summed E-state index contributed by atoms with van der Waals surface area (Å²) >= 11 is 0. The first-order chi connectivity index (χ1) is 18.9. The minimum absolute atomic E-state index is 0.213. The van der Waals surface area contributed by atoms with Crippen molar-refractivity contribution in [3.8, 4) is 34.1 Å². The molecule has 8 nitrogen and oxygen atoms in total. The molecule has 0 bridgehead atoms. The molecule has 10 heteroatoms. The Hall–Kier alpha value is -2.93. The van der Waals surface area contributed by atoms with Crippen LogP contribution in [0.3, 0.4) is 0 Å². The van der Waals surface area contributed by atoms with Crippen LogP contribution in [0, 0.1) is 6.92 Å². The number of nitrogens with one attached hydrogen (secondary N) is 1. The molecule has 0 spiro atoms. The SMILES string of the molecule is COc1cc(OCOCC[Si](C)(C)C)c(C)c(-c2ccc3c(-c4ncc[nH]4)nn(COCC[Si](C)(C)C)c3c2)c1. The zero-order valence-corrected chi connectivity index (χ0v) is 27.3. The van der Waals surface area contributed by atoms with Crippen molar-refractivity contribution in [2.45, 2.75) is 65.0 Å². The van der Waals surface area contributed by atoms with E-state index in [9.17, 15) is 0 Å². The number of benzene rings is 2. The van der Waals surface area contributed by atoms with Gasteiger partial charge in [0, 0.05) is 53.2 Å². The van der Waals surface area contributed by atoms with Crippen LogP contribution in [-0.2, 0) is 16.2 Å². The summed E-state index contributed by atoms with van der Waals surface area (Å²) in [6, 6.07) is 12.6. The molecule has 4 aromatic rings. The second-order valence-corrected chi connectivity index (χ2v) is 23.9. The van der Waals surface area contributed by atoms with Crippen molar-refractivity contribution in [1.82, 2.24) is 19.7 Å². The Balaban J connectivity index is 1.64. The van der Waals surface area contributed by atoms with Gasteiger partial charge in [-0.2, -0.15) is 5.10 Å². The minimum atomic E-state index is -1.19. The molecule has 0 saturated heterocycles. The van der Waals surface area contributed by atoms with Crippen LogP contribution >= 0.6 is 0 Å². The second-order valence-electron chi connectivity index (χ2n) is 12.6. The summed E-state index contributed by atoms with van der Waals surface area (Å²) in [5.74, 6) is 2.22. The molecule has 0 amide bonds. The molecule has 1 N–H and O–H groups in total. The number of hydrogen-bond acceptors (Lipinski definition) is 6. The molecule has 0 radical (unpaired) electrons. The molecule has 216 valence electrons. The maximum Gasteiger partial charge on any atom is 0.189 e. The number of hydrogen-bond donors (Lipinski definition) is 1. The van der Waals surface area contributed by atoms with Gasteiger partial charge in [0.05, 0.1) is 12.6 Å². The fourth-order valence-electron chi connectivity index (χ4n) is 4.31. The quantitative estimate of drug-likeness (QED) is 0.0950. The molecule has 0 saturated carbocycles. The van der Waals surface area contributed by atoms with E-state index in [4.69, 9.17) is 24.0 Å². The van der Waals surface area contributed by atoms with Crippen molar-refractivity contribution in [2.24, 2.45) is 0 Å². The molecule has 4 rings (SSSR count). The van der Waals surface area contributed by atoms with E-state index in [1.54, 1.807) is 13.3 Å². The van der Waals surface area contributed by atoms with Crippen LogP contribution in [0.5, 0.6) is 11.5 Å². The van der Waals surface area contributed by atoms with Crippen molar-refractivity contribution in [3.05, 3.63) is 48.3 Å². The lowest BCUT2D eigenvalue weighted by molar-refractivity contribution is 0.0216. The summed E-state index contributed by atoms with van der Waals surface area (Å²) in [6.45, 7) is 18.2. The van der Waals surface area contributed by atoms with Crippen LogP contribution < -0.4 is 9.47 Å². The summed E-state index contributed by atoms with van der Waals surface area (Å²) in [7, 11) is -0.659. The average molecular weight is 581 g/mol. The molecule has 0 aliphatic rings. The fraction of sp³-hybridized carbons (Fsp3) is 0.467. The summed E-state index contributed by atoms with van der Waals surface area (Å²) in [5.41, 5.74) is 4.89. The van der Waals surface area contributed by atoms with Crippen LogP contribution in [0.15, 0.2) is 42.7 Å².